The van der Waals surface area contributed by atoms with Gasteiger partial charge < -0.3 is 10.1 Å². The van der Waals surface area contributed by atoms with Crippen LogP contribution in [0.15, 0.2) is 24.3 Å². The van der Waals surface area contributed by atoms with Gasteiger partial charge in [0.15, 0.2) is 0 Å². The van der Waals surface area contributed by atoms with Crippen molar-refractivity contribution >= 4 is 17.5 Å². The van der Waals surface area contributed by atoms with Gasteiger partial charge in [-0.1, -0.05) is 29.8 Å². The minimum absolute atomic E-state index is 0.0661. The molecule has 0 aromatic heterocycles. The maximum absolute atomic E-state index is 12.2. The van der Waals surface area contributed by atoms with E-state index in [9.17, 15) is 4.79 Å². The van der Waals surface area contributed by atoms with E-state index in [1.807, 2.05) is 31.2 Å². The van der Waals surface area contributed by atoms with E-state index < -0.39 is 0 Å². The molecule has 1 aliphatic heterocycles. The van der Waals surface area contributed by atoms with Gasteiger partial charge in [-0.05, 0) is 25.8 Å². The van der Waals surface area contributed by atoms with Gasteiger partial charge in [0.1, 0.15) is 0 Å². The second-order valence-electron chi connectivity index (χ2n) is 5.83. The van der Waals surface area contributed by atoms with Gasteiger partial charge in [0.05, 0.1) is 18.8 Å². The van der Waals surface area contributed by atoms with E-state index in [2.05, 4.69) is 10.2 Å². The van der Waals surface area contributed by atoms with Gasteiger partial charge in [0.25, 0.3) is 0 Å². The molecule has 5 heteroatoms. The van der Waals surface area contributed by atoms with E-state index in [1.54, 1.807) is 0 Å². The number of benzene rings is 1. The number of hydrogen-bond donors (Lipinski definition) is 1. The van der Waals surface area contributed by atoms with E-state index in [-0.39, 0.29) is 18.1 Å². The summed E-state index contributed by atoms with van der Waals surface area (Å²) in [5.41, 5.74) is 0.999. The van der Waals surface area contributed by atoms with Gasteiger partial charge in [-0.3, -0.25) is 9.69 Å². The quantitative estimate of drug-likeness (QED) is 0.928. The molecule has 1 aromatic rings. The highest BCUT2D eigenvalue weighted by molar-refractivity contribution is 6.31. The number of nitrogens with zero attached hydrogens (tertiary/aromatic N) is 1. The smallest absolute Gasteiger partial charge is 0.237 e. The lowest BCUT2D eigenvalue weighted by molar-refractivity contribution is -0.129. The van der Waals surface area contributed by atoms with E-state index in [0.717, 1.165) is 30.0 Å². The molecule has 1 saturated heterocycles. The number of halogens is 1. The summed E-state index contributed by atoms with van der Waals surface area (Å²) in [6.07, 6.45) is 2.16. The average Bonchev–Trinajstić information content (AvgIpc) is 3.31. The lowest BCUT2D eigenvalue weighted by Gasteiger charge is -2.36. The van der Waals surface area contributed by atoms with Crippen LogP contribution < -0.4 is 5.32 Å². The van der Waals surface area contributed by atoms with Crippen LogP contribution in [0.1, 0.15) is 31.4 Å². The normalized spacial score (nSPS) is 24.6. The van der Waals surface area contributed by atoms with Crippen LogP contribution >= 0.6 is 11.6 Å². The van der Waals surface area contributed by atoms with Crippen LogP contribution in [0.5, 0.6) is 0 Å². The fraction of sp³-hybridized carbons (Fsp3) is 0.562. The summed E-state index contributed by atoms with van der Waals surface area (Å²) >= 11 is 6.25. The number of nitrogens with one attached hydrogen (secondary N) is 1. The van der Waals surface area contributed by atoms with Crippen molar-refractivity contribution < 1.29 is 9.53 Å². The number of amides is 1. The van der Waals surface area contributed by atoms with Crippen molar-refractivity contribution in [2.24, 2.45) is 0 Å². The Kier molecular flexibility index (Phi) is 4.48. The zero-order chi connectivity index (χ0) is 14.8. The molecule has 1 aromatic carbocycles. The van der Waals surface area contributed by atoms with Crippen LogP contribution in [0, 0.1) is 0 Å². The van der Waals surface area contributed by atoms with Crippen LogP contribution in [0.25, 0.3) is 0 Å². The Hall–Kier alpha value is -1.10. The van der Waals surface area contributed by atoms with E-state index in [1.165, 1.54) is 0 Å². The summed E-state index contributed by atoms with van der Waals surface area (Å²) in [4.78, 5) is 14.4. The van der Waals surface area contributed by atoms with Crippen LogP contribution in [0.2, 0.25) is 5.02 Å². The largest absolute Gasteiger partial charge is 0.371 e. The molecule has 2 unspecified atom stereocenters. The van der Waals surface area contributed by atoms with Crippen molar-refractivity contribution in [1.82, 2.24) is 10.2 Å². The van der Waals surface area contributed by atoms with E-state index in [4.69, 9.17) is 16.3 Å². The van der Waals surface area contributed by atoms with Gasteiger partial charge >= 0.3 is 0 Å². The summed E-state index contributed by atoms with van der Waals surface area (Å²) in [7, 11) is 0. The predicted molar refractivity (Wildman–Crippen MR) is 82.3 cm³/mol. The van der Waals surface area contributed by atoms with Gasteiger partial charge in [0.2, 0.25) is 5.91 Å². The number of hydrogen-bond acceptors (Lipinski definition) is 3. The maximum Gasteiger partial charge on any atom is 0.237 e. The molecule has 21 heavy (non-hydrogen) atoms. The molecule has 3 rings (SSSR count). The molecule has 114 valence electrons. The fourth-order valence-corrected chi connectivity index (χ4v) is 2.92. The van der Waals surface area contributed by atoms with E-state index in [0.29, 0.717) is 19.2 Å². The highest BCUT2D eigenvalue weighted by atomic mass is 35.5. The highest BCUT2D eigenvalue weighted by Gasteiger charge is 2.32. The topological polar surface area (TPSA) is 41.6 Å². The monoisotopic (exact) mass is 308 g/mol. The SMILES string of the molecule is CC(C(=O)NC1CC1)N1CCOC(c2ccccc2Cl)C1. The maximum atomic E-state index is 12.2. The molecular formula is C16H21ClN2O2. The van der Waals surface area contributed by atoms with Crippen molar-refractivity contribution in [3.05, 3.63) is 34.9 Å². The number of morpholine rings is 1. The Labute approximate surface area is 130 Å². The fourth-order valence-electron chi connectivity index (χ4n) is 2.66. The Morgan fingerprint density at radius 1 is 1.43 bits per heavy atom. The van der Waals surface area contributed by atoms with Gasteiger partial charge in [-0.2, -0.15) is 0 Å². The summed E-state index contributed by atoms with van der Waals surface area (Å²) < 4.78 is 5.84. The Balaban J connectivity index is 1.64. The minimum Gasteiger partial charge on any atom is -0.371 e. The molecule has 1 aliphatic carbocycles. The van der Waals surface area contributed by atoms with Crippen molar-refractivity contribution in [3.63, 3.8) is 0 Å². The van der Waals surface area contributed by atoms with Crippen LogP contribution in [-0.2, 0) is 9.53 Å². The molecule has 0 radical (unpaired) electrons. The Bertz CT molecular complexity index is 519. The lowest BCUT2D eigenvalue weighted by Crippen LogP contribution is -2.50. The first-order chi connectivity index (χ1) is 10.1. The van der Waals surface area contributed by atoms with E-state index >= 15 is 0 Å². The Morgan fingerprint density at radius 3 is 2.90 bits per heavy atom. The lowest BCUT2D eigenvalue weighted by atomic mass is 10.1. The van der Waals surface area contributed by atoms with Crippen LogP contribution in [-0.4, -0.2) is 42.6 Å². The molecule has 1 saturated carbocycles. The zero-order valence-electron chi connectivity index (χ0n) is 12.2. The molecule has 2 fully saturated rings. The highest BCUT2D eigenvalue weighted by Crippen LogP contribution is 2.29. The van der Waals surface area contributed by atoms with Crippen molar-refractivity contribution in [1.29, 1.82) is 0 Å². The number of rotatable bonds is 4. The predicted octanol–water partition coefficient (Wildman–Crippen LogP) is 2.38. The molecule has 1 N–H and O–H groups in total. The average molecular weight is 309 g/mol. The molecule has 2 aliphatic rings. The molecule has 2 atom stereocenters. The summed E-state index contributed by atoms with van der Waals surface area (Å²) in [6.45, 7) is 4.06. The number of ether oxygens (including phenoxy) is 1. The van der Waals surface area contributed by atoms with Gasteiger partial charge in [0, 0.05) is 29.7 Å². The second-order valence-corrected chi connectivity index (χ2v) is 6.24. The summed E-state index contributed by atoms with van der Waals surface area (Å²) in [5.74, 6) is 0.123. The first-order valence-corrected chi connectivity index (χ1v) is 7.93. The van der Waals surface area contributed by atoms with Crippen molar-refractivity contribution in [2.45, 2.75) is 38.0 Å². The molecule has 4 nitrogen and oxygen atoms in total. The van der Waals surface area contributed by atoms with Crippen LogP contribution in [0.4, 0.5) is 0 Å². The van der Waals surface area contributed by atoms with Gasteiger partial charge in [-0.25, -0.2) is 0 Å². The minimum atomic E-state index is -0.125. The molecule has 0 bridgehead atoms. The number of carbonyl (C=O) groups is 1. The standard InChI is InChI=1S/C16H21ClN2O2/c1-11(16(20)18-12-6-7-12)19-8-9-21-15(10-19)13-4-2-3-5-14(13)17/h2-5,11-12,15H,6-10H2,1H3,(H,18,20). The van der Waals surface area contributed by atoms with Crippen LogP contribution in [0.3, 0.4) is 0 Å². The summed E-state index contributed by atoms with van der Waals surface area (Å²) in [6, 6.07) is 8.03. The molecule has 1 amide bonds. The molecular weight excluding hydrogens is 288 g/mol. The number of carbonyl (C=O) groups excluding carboxylic acids is 1. The van der Waals surface area contributed by atoms with Gasteiger partial charge in [-0.15, -0.1) is 0 Å². The third kappa shape index (κ3) is 3.57. The second kappa shape index (κ2) is 6.34. The zero-order valence-corrected chi connectivity index (χ0v) is 13.0. The van der Waals surface area contributed by atoms with Crippen molar-refractivity contribution in [3.8, 4) is 0 Å². The first kappa shape index (κ1) is 14.8. The third-order valence-electron chi connectivity index (χ3n) is 4.20. The third-order valence-corrected chi connectivity index (χ3v) is 4.55. The molecule has 0 spiro atoms. The Morgan fingerprint density at radius 2 is 2.19 bits per heavy atom. The molecule has 1 heterocycles. The van der Waals surface area contributed by atoms with Crippen molar-refractivity contribution in [2.75, 3.05) is 19.7 Å². The first-order valence-electron chi connectivity index (χ1n) is 7.55. The summed E-state index contributed by atoms with van der Waals surface area (Å²) in [5, 5.41) is 3.79.